The first-order valence-electron chi connectivity index (χ1n) is 6.03. The molecule has 0 saturated carbocycles. The Labute approximate surface area is 111 Å². The second-order valence-electron chi connectivity index (χ2n) is 4.15. The minimum atomic E-state index is -0.106. The first-order valence-corrected chi connectivity index (χ1v) is 7.19. The van der Waals surface area contributed by atoms with Crippen molar-refractivity contribution in [3.63, 3.8) is 0 Å². The van der Waals surface area contributed by atoms with Gasteiger partial charge in [-0.25, -0.2) is 0 Å². The van der Waals surface area contributed by atoms with E-state index in [0.29, 0.717) is 5.75 Å². The van der Waals surface area contributed by atoms with Gasteiger partial charge in [-0.1, -0.05) is 13.0 Å². The third-order valence-electron chi connectivity index (χ3n) is 2.96. The number of benzene rings is 1. The summed E-state index contributed by atoms with van der Waals surface area (Å²) >= 11 is 1.74. The molecular formula is C13H18N2O2S. The molecule has 1 amide bonds. The maximum Gasteiger partial charge on any atom is 0.242 e. The number of amides is 1. The summed E-state index contributed by atoms with van der Waals surface area (Å²) in [5.74, 6) is 2.36. The fourth-order valence-electron chi connectivity index (χ4n) is 1.86. The van der Waals surface area contributed by atoms with Crippen LogP contribution >= 0.6 is 11.8 Å². The lowest BCUT2D eigenvalue weighted by Gasteiger charge is -2.14. The van der Waals surface area contributed by atoms with E-state index < -0.39 is 0 Å². The molecular weight excluding hydrogens is 248 g/mol. The van der Waals surface area contributed by atoms with Crippen molar-refractivity contribution in [1.29, 1.82) is 0 Å². The topological polar surface area (TPSA) is 50.4 Å². The Morgan fingerprint density at radius 1 is 1.61 bits per heavy atom. The van der Waals surface area contributed by atoms with Crippen LogP contribution in [0.1, 0.15) is 12.5 Å². The molecule has 1 aromatic rings. The van der Waals surface area contributed by atoms with E-state index in [1.165, 1.54) is 5.56 Å². The molecule has 1 atom stereocenters. The predicted molar refractivity (Wildman–Crippen MR) is 75.3 cm³/mol. The van der Waals surface area contributed by atoms with E-state index in [0.717, 1.165) is 23.7 Å². The maximum absolute atomic E-state index is 12.0. The number of aryl methyl sites for hydroxylation is 1. The van der Waals surface area contributed by atoms with Crippen LogP contribution in [0.25, 0.3) is 0 Å². The largest absolute Gasteiger partial charge is 0.495 e. The third-order valence-corrected chi connectivity index (χ3v) is 3.90. The molecule has 2 N–H and O–H groups in total. The van der Waals surface area contributed by atoms with Gasteiger partial charge < -0.3 is 10.1 Å². The van der Waals surface area contributed by atoms with Crippen LogP contribution in [0.5, 0.6) is 5.75 Å². The van der Waals surface area contributed by atoms with Crippen LogP contribution in [0.15, 0.2) is 18.2 Å². The van der Waals surface area contributed by atoms with Gasteiger partial charge in [0.05, 0.1) is 18.8 Å². The highest BCUT2D eigenvalue weighted by Crippen LogP contribution is 2.26. The fourth-order valence-corrected chi connectivity index (χ4v) is 2.80. The number of carbonyl (C=O) groups is 1. The highest BCUT2D eigenvalue weighted by atomic mass is 32.2. The SMILES string of the molecule is CCc1ccc(OC)c(NC(=O)C2CSCN2)c1. The molecule has 1 aliphatic heterocycles. The predicted octanol–water partition coefficient (Wildman–Crippen LogP) is 1.86. The molecule has 0 aromatic heterocycles. The van der Waals surface area contributed by atoms with E-state index in [2.05, 4.69) is 17.6 Å². The Kier molecular flexibility index (Phi) is 4.49. The Hall–Kier alpha value is -1.20. The lowest BCUT2D eigenvalue weighted by atomic mass is 10.1. The van der Waals surface area contributed by atoms with Crippen LogP contribution in [0.2, 0.25) is 0 Å². The summed E-state index contributed by atoms with van der Waals surface area (Å²) in [5.41, 5.74) is 1.93. The van der Waals surface area contributed by atoms with Crippen molar-refractivity contribution in [2.24, 2.45) is 0 Å². The van der Waals surface area contributed by atoms with Gasteiger partial charge in [0.15, 0.2) is 0 Å². The van der Waals surface area contributed by atoms with Gasteiger partial charge in [-0.05, 0) is 24.1 Å². The molecule has 1 aromatic carbocycles. The monoisotopic (exact) mass is 266 g/mol. The van der Waals surface area contributed by atoms with Gasteiger partial charge in [-0.2, -0.15) is 0 Å². The normalized spacial score (nSPS) is 18.7. The zero-order valence-electron chi connectivity index (χ0n) is 10.7. The second-order valence-corrected chi connectivity index (χ2v) is 5.18. The Bertz CT molecular complexity index is 431. The maximum atomic E-state index is 12.0. The quantitative estimate of drug-likeness (QED) is 0.873. The zero-order chi connectivity index (χ0) is 13.0. The summed E-state index contributed by atoms with van der Waals surface area (Å²) < 4.78 is 5.27. The van der Waals surface area contributed by atoms with Crippen LogP contribution in [0.3, 0.4) is 0 Å². The Morgan fingerprint density at radius 2 is 2.44 bits per heavy atom. The van der Waals surface area contributed by atoms with Crippen LogP contribution in [0.4, 0.5) is 5.69 Å². The van der Waals surface area contributed by atoms with Crippen molar-refractivity contribution in [3.05, 3.63) is 23.8 Å². The molecule has 1 fully saturated rings. The van der Waals surface area contributed by atoms with Crippen LogP contribution < -0.4 is 15.4 Å². The van der Waals surface area contributed by atoms with E-state index in [9.17, 15) is 4.79 Å². The first kappa shape index (κ1) is 13.2. The standard InChI is InChI=1S/C13H18N2O2S/c1-3-9-4-5-12(17-2)10(6-9)15-13(16)11-7-18-8-14-11/h4-6,11,14H,3,7-8H2,1-2H3,(H,15,16). The lowest BCUT2D eigenvalue weighted by Crippen LogP contribution is -2.37. The summed E-state index contributed by atoms with van der Waals surface area (Å²) in [6.45, 7) is 2.09. The number of methoxy groups -OCH3 is 1. The van der Waals surface area contributed by atoms with Crippen LogP contribution in [-0.4, -0.2) is 30.7 Å². The molecule has 0 bridgehead atoms. The minimum Gasteiger partial charge on any atom is -0.495 e. The average molecular weight is 266 g/mol. The van der Waals surface area contributed by atoms with Crippen molar-refractivity contribution in [2.45, 2.75) is 19.4 Å². The highest BCUT2D eigenvalue weighted by molar-refractivity contribution is 7.99. The number of hydrogen-bond donors (Lipinski definition) is 2. The minimum absolute atomic E-state index is 0.00607. The second kappa shape index (κ2) is 6.11. The van der Waals surface area contributed by atoms with Gasteiger partial charge >= 0.3 is 0 Å². The van der Waals surface area contributed by atoms with Gasteiger partial charge in [-0.15, -0.1) is 11.8 Å². The number of thioether (sulfide) groups is 1. The number of anilines is 1. The molecule has 0 spiro atoms. The molecule has 1 saturated heterocycles. The molecule has 1 aliphatic rings. The van der Waals surface area contributed by atoms with E-state index in [1.54, 1.807) is 18.9 Å². The molecule has 1 unspecified atom stereocenters. The van der Waals surface area contributed by atoms with Gasteiger partial charge in [0.25, 0.3) is 0 Å². The number of rotatable bonds is 4. The van der Waals surface area contributed by atoms with Crippen molar-refractivity contribution in [1.82, 2.24) is 5.32 Å². The summed E-state index contributed by atoms with van der Waals surface area (Å²) in [6, 6.07) is 5.77. The van der Waals surface area contributed by atoms with Gasteiger partial charge in [0.1, 0.15) is 5.75 Å². The first-order chi connectivity index (χ1) is 8.74. The molecule has 98 valence electrons. The van der Waals surface area contributed by atoms with Crippen molar-refractivity contribution in [2.75, 3.05) is 24.1 Å². The van der Waals surface area contributed by atoms with Gasteiger partial charge in [-0.3, -0.25) is 10.1 Å². The summed E-state index contributed by atoms with van der Waals surface area (Å²) in [6.07, 6.45) is 0.935. The highest BCUT2D eigenvalue weighted by Gasteiger charge is 2.23. The molecule has 1 heterocycles. The van der Waals surface area contributed by atoms with Gasteiger partial charge in [0.2, 0.25) is 5.91 Å². The van der Waals surface area contributed by atoms with Crippen LogP contribution in [0, 0.1) is 0 Å². The van der Waals surface area contributed by atoms with Crippen molar-refractivity contribution in [3.8, 4) is 5.75 Å². The van der Waals surface area contributed by atoms with Crippen molar-refractivity contribution >= 4 is 23.4 Å². The molecule has 0 aliphatic carbocycles. The van der Waals surface area contributed by atoms with E-state index in [-0.39, 0.29) is 11.9 Å². The average Bonchev–Trinajstić information content (AvgIpc) is 2.92. The molecule has 0 radical (unpaired) electrons. The van der Waals surface area contributed by atoms with E-state index >= 15 is 0 Å². The van der Waals surface area contributed by atoms with Crippen molar-refractivity contribution < 1.29 is 9.53 Å². The summed E-state index contributed by atoms with van der Waals surface area (Å²) in [7, 11) is 1.61. The Balaban J connectivity index is 2.13. The number of nitrogens with one attached hydrogen (secondary N) is 2. The Morgan fingerprint density at radius 3 is 3.06 bits per heavy atom. The fraction of sp³-hybridized carbons (Fsp3) is 0.462. The lowest BCUT2D eigenvalue weighted by molar-refractivity contribution is -0.117. The number of ether oxygens (including phenoxy) is 1. The van der Waals surface area contributed by atoms with E-state index in [1.807, 2.05) is 18.2 Å². The van der Waals surface area contributed by atoms with Crippen LogP contribution in [-0.2, 0) is 11.2 Å². The van der Waals surface area contributed by atoms with Gasteiger partial charge in [0, 0.05) is 11.6 Å². The molecule has 2 rings (SSSR count). The number of hydrogen-bond acceptors (Lipinski definition) is 4. The smallest absolute Gasteiger partial charge is 0.242 e. The molecule has 4 nitrogen and oxygen atoms in total. The molecule has 18 heavy (non-hydrogen) atoms. The summed E-state index contributed by atoms with van der Waals surface area (Å²) in [4.78, 5) is 12.0. The zero-order valence-corrected chi connectivity index (χ0v) is 11.5. The summed E-state index contributed by atoms with van der Waals surface area (Å²) in [5, 5.41) is 6.09. The molecule has 5 heteroatoms. The van der Waals surface area contributed by atoms with E-state index in [4.69, 9.17) is 4.74 Å². The third kappa shape index (κ3) is 2.97. The number of carbonyl (C=O) groups excluding carboxylic acids is 1.